The van der Waals surface area contributed by atoms with Crippen LogP contribution < -0.4 is 0 Å². The number of hydrogen-bond donors (Lipinski definition) is 3. The largest absolute Gasteiger partial charge is 0.457 e. The fourth-order valence-electron chi connectivity index (χ4n) is 6.69. The molecule has 3 N–H and O–H groups in total. The highest BCUT2D eigenvalue weighted by Gasteiger charge is 2.47. The van der Waals surface area contributed by atoms with E-state index in [4.69, 9.17) is 18.9 Å². The first-order valence-corrected chi connectivity index (χ1v) is 18.3. The van der Waals surface area contributed by atoms with E-state index in [1.54, 1.807) is 31.1 Å². The number of epoxide rings is 1. The van der Waals surface area contributed by atoms with Crippen molar-refractivity contribution in [3.8, 4) is 0 Å². The van der Waals surface area contributed by atoms with Gasteiger partial charge in [-0.05, 0) is 65.8 Å². The van der Waals surface area contributed by atoms with Crippen LogP contribution in [0.5, 0.6) is 0 Å². The van der Waals surface area contributed by atoms with Crippen LogP contribution in [0.25, 0.3) is 0 Å². The normalized spacial score (nSPS) is 33.6. The monoisotopic (exact) mass is 707 g/mol. The third-order valence-electron chi connectivity index (χ3n) is 10.5. The second kappa shape index (κ2) is 19.0. The van der Waals surface area contributed by atoms with Crippen LogP contribution in [0.4, 0.5) is 4.79 Å². The van der Waals surface area contributed by atoms with Crippen molar-refractivity contribution in [2.75, 3.05) is 60.5 Å². The third kappa shape index (κ3) is 12.7. The van der Waals surface area contributed by atoms with Gasteiger partial charge in [0.15, 0.2) is 6.10 Å². The minimum absolute atomic E-state index is 0.00517. The van der Waals surface area contributed by atoms with Crippen LogP contribution in [0.1, 0.15) is 73.6 Å². The molecular weight excluding hydrogens is 642 g/mol. The van der Waals surface area contributed by atoms with E-state index in [0.29, 0.717) is 32.4 Å². The zero-order valence-electron chi connectivity index (χ0n) is 31.9. The number of cyclic esters (lactones) is 1. The first kappa shape index (κ1) is 42.1. The summed E-state index contributed by atoms with van der Waals surface area (Å²) in [7, 11) is 5.66. The molecule has 0 aromatic heterocycles. The zero-order chi connectivity index (χ0) is 37.2. The maximum Gasteiger partial charge on any atom is 0.410 e. The van der Waals surface area contributed by atoms with Crippen molar-refractivity contribution in [3.05, 3.63) is 36.0 Å². The quantitative estimate of drug-likeness (QED) is 0.112. The van der Waals surface area contributed by atoms with Crippen molar-refractivity contribution in [1.82, 2.24) is 14.7 Å². The van der Waals surface area contributed by atoms with Gasteiger partial charge in [0, 0.05) is 64.6 Å². The van der Waals surface area contributed by atoms with Gasteiger partial charge in [-0.3, -0.25) is 9.69 Å². The van der Waals surface area contributed by atoms with Crippen LogP contribution in [-0.2, 0) is 23.7 Å². The summed E-state index contributed by atoms with van der Waals surface area (Å²) >= 11 is 0. The van der Waals surface area contributed by atoms with Gasteiger partial charge in [0.25, 0.3) is 0 Å². The first-order chi connectivity index (χ1) is 23.5. The van der Waals surface area contributed by atoms with Crippen LogP contribution in [0.15, 0.2) is 36.0 Å². The van der Waals surface area contributed by atoms with Gasteiger partial charge in [-0.15, -0.1) is 0 Å². The molecule has 0 aromatic rings. The Kier molecular flexibility index (Phi) is 16.0. The van der Waals surface area contributed by atoms with Crippen molar-refractivity contribution >= 4 is 12.1 Å². The van der Waals surface area contributed by atoms with Gasteiger partial charge in [-0.1, -0.05) is 45.1 Å². The highest BCUT2D eigenvalue weighted by Crippen LogP contribution is 2.37. The van der Waals surface area contributed by atoms with E-state index < -0.39 is 47.7 Å². The number of ether oxygens (including phenoxy) is 4. The van der Waals surface area contributed by atoms with Crippen LogP contribution >= 0.6 is 0 Å². The number of carbonyl (C=O) groups is 2. The molecule has 3 aliphatic heterocycles. The van der Waals surface area contributed by atoms with E-state index in [1.807, 2.05) is 66.9 Å². The number of allylic oxidation sites excluding steroid dienone is 2. The molecule has 0 aromatic carbocycles. The molecular formula is C38H65N3O9. The molecule has 0 bridgehead atoms. The summed E-state index contributed by atoms with van der Waals surface area (Å²) in [5.74, 6) is -0.844. The Morgan fingerprint density at radius 3 is 2.54 bits per heavy atom. The molecule has 12 heteroatoms. The number of methoxy groups -OCH3 is 1. The average Bonchev–Trinajstić information content (AvgIpc) is 3.83. The van der Waals surface area contributed by atoms with Gasteiger partial charge in [0.05, 0.1) is 36.4 Å². The molecule has 2 fully saturated rings. The molecule has 0 saturated carbocycles. The van der Waals surface area contributed by atoms with Crippen molar-refractivity contribution in [2.45, 2.75) is 121 Å². The first-order valence-electron chi connectivity index (χ1n) is 18.3. The number of nitrogens with zero attached hydrogens (tertiary/aromatic N) is 3. The number of amides is 1. The molecule has 0 spiro atoms. The number of rotatable bonds is 13. The molecule has 50 heavy (non-hydrogen) atoms. The summed E-state index contributed by atoms with van der Waals surface area (Å²) in [5.41, 5.74) is -1.36. The second-order valence-corrected chi connectivity index (χ2v) is 15.3. The number of esters is 1. The highest BCUT2D eigenvalue weighted by atomic mass is 16.6. The molecule has 12 nitrogen and oxygen atoms in total. The summed E-state index contributed by atoms with van der Waals surface area (Å²) in [5, 5.41) is 32.0. The van der Waals surface area contributed by atoms with Crippen molar-refractivity contribution in [2.24, 2.45) is 11.8 Å². The lowest BCUT2D eigenvalue weighted by Gasteiger charge is -2.39. The van der Waals surface area contributed by atoms with Crippen LogP contribution in [0.2, 0.25) is 0 Å². The maximum absolute atomic E-state index is 13.5. The Morgan fingerprint density at radius 1 is 1.24 bits per heavy atom. The predicted molar refractivity (Wildman–Crippen MR) is 193 cm³/mol. The van der Waals surface area contributed by atoms with Gasteiger partial charge < -0.3 is 44.1 Å². The van der Waals surface area contributed by atoms with E-state index in [2.05, 4.69) is 9.80 Å². The van der Waals surface area contributed by atoms with Crippen molar-refractivity contribution in [3.63, 3.8) is 0 Å². The topological polar surface area (TPSA) is 145 Å². The Bertz CT molecular complexity index is 1180. The molecule has 10 unspecified atom stereocenters. The van der Waals surface area contributed by atoms with Gasteiger partial charge in [-0.2, -0.15) is 0 Å². The van der Waals surface area contributed by atoms with Crippen LogP contribution in [-0.4, -0.2) is 150 Å². The Morgan fingerprint density at radius 2 is 1.92 bits per heavy atom. The Hall–Kier alpha value is -2.32. The standard InChI is InChI=1S/C38H65N3O9/c1-10-30(43)28(4)35-31(48-35)25-37(5,46)16-11-12-26(2)34-27(3)13-14-32(38(6,47-9)17-15-29(42)24-33(44)50-34)49-36(45)41-22-20-40(21-23-41)19-18-39(7)8/h11-14,16,27-32,34-35,42-43,46H,10,15,17-25H2,1-9H3/b14-13-,16-11+,26-12+. The fourth-order valence-corrected chi connectivity index (χ4v) is 6.69. The molecule has 1 amide bonds. The number of aliphatic hydroxyl groups excluding tert-OH is 2. The van der Waals surface area contributed by atoms with Gasteiger partial charge in [0.1, 0.15) is 11.7 Å². The van der Waals surface area contributed by atoms with E-state index in [0.717, 1.165) is 31.8 Å². The fraction of sp³-hybridized carbons (Fsp3) is 0.789. The molecule has 2 saturated heterocycles. The number of aliphatic hydroxyl groups is 3. The van der Waals surface area contributed by atoms with E-state index >= 15 is 0 Å². The van der Waals surface area contributed by atoms with E-state index in [-0.39, 0.29) is 36.9 Å². The molecule has 10 atom stereocenters. The lowest BCUT2D eigenvalue weighted by atomic mass is 9.88. The molecule has 286 valence electrons. The maximum atomic E-state index is 13.5. The van der Waals surface area contributed by atoms with E-state index in [9.17, 15) is 24.9 Å². The molecule has 3 heterocycles. The summed E-state index contributed by atoms with van der Waals surface area (Å²) in [6.45, 7) is 15.8. The average molecular weight is 708 g/mol. The third-order valence-corrected chi connectivity index (χ3v) is 10.5. The zero-order valence-corrected chi connectivity index (χ0v) is 31.9. The minimum atomic E-state index is -1.15. The highest BCUT2D eigenvalue weighted by molar-refractivity contribution is 5.70. The lowest BCUT2D eigenvalue weighted by molar-refractivity contribution is -0.151. The second-order valence-electron chi connectivity index (χ2n) is 15.3. The van der Waals surface area contributed by atoms with Gasteiger partial charge in [0.2, 0.25) is 0 Å². The van der Waals surface area contributed by atoms with E-state index in [1.165, 1.54) is 0 Å². The number of carbonyl (C=O) groups excluding carboxylic acids is 2. The lowest BCUT2D eigenvalue weighted by Crippen LogP contribution is -2.52. The summed E-state index contributed by atoms with van der Waals surface area (Å²) in [4.78, 5) is 32.6. The SMILES string of the molecule is CCC(O)C(C)C1OC1CC(C)(O)/C=C/C=C(\C)C1OC(=O)CC(O)CCC(C)(OC)C(OC(=O)N2CCN(CCN(C)C)CC2)/C=C\C1C. The summed E-state index contributed by atoms with van der Waals surface area (Å²) in [6, 6.07) is 0. The molecule has 0 aliphatic carbocycles. The molecule has 3 aliphatic rings. The Labute approximate surface area is 300 Å². The Balaban J connectivity index is 1.74. The van der Waals surface area contributed by atoms with Crippen molar-refractivity contribution < 1.29 is 43.9 Å². The van der Waals surface area contributed by atoms with Gasteiger partial charge in [-0.25, -0.2) is 4.79 Å². The number of hydrogen-bond acceptors (Lipinski definition) is 11. The summed E-state index contributed by atoms with van der Waals surface area (Å²) < 4.78 is 23.8. The number of piperazine rings is 1. The molecule has 0 radical (unpaired) electrons. The smallest absolute Gasteiger partial charge is 0.410 e. The molecule has 3 rings (SSSR count). The van der Waals surface area contributed by atoms with Crippen LogP contribution in [0.3, 0.4) is 0 Å². The van der Waals surface area contributed by atoms with Gasteiger partial charge >= 0.3 is 12.1 Å². The predicted octanol–water partition coefficient (Wildman–Crippen LogP) is 3.54. The summed E-state index contributed by atoms with van der Waals surface area (Å²) in [6.07, 6.45) is 6.97. The van der Waals surface area contributed by atoms with Crippen LogP contribution in [0, 0.1) is 11.8 Å². The minimum Gasteiger partial charge on any atom is -0.457 e. The number of likely N-dealkylation sites (N-methyl/N-ethyl adjacent to an activating group) is 1. The van der Waals surface area contributed by atoms with Crippen molar-refractivity contribution in [1.29, 1.82) is 0 Å².